The minimum Gasteiger partial charge on any atom is -0.370 e. The Balaban J connectivity index is 1.68. The van der Waals surface area contributed by atoms with Crippen LogP contribution in [-0.4, -0.2) is 34.0 Å². The summed E-state index contributed by atoms with van der Waals surface area (Å²) in [4.78, 5) is 14.7. The smallest absolute Gasteiger partial charge is 0.261 e. The van der Waals surface area contributed by atoms with Gasteiger partial charge in [-0.2, -0.15) is 0 Å². The average molecular weight is 458 g/mol. The number of carbonyl (C=O) groups excluding carboxylic acids is 1. The number of likely N-dealkylation sites (N-methyl/N-ethyl adjacent to an activating group) is 1. The van der Waals surface area contributed by atoms with Gasteiger partial charge in [-0.15, -0.1) is 0 Å². The van der Waals surface area contributed by atoms with Crippen LogP contribution in [0.5, 0.6) is 0 Å². The number of halogens is 1. The normalized spacial score (nSPS) is 12.1. The third-order valence-corrected chi connectivity index (χ3v) is 6.60. The number of hydrogen-bond acceptors (Lipinski definition) is 4. The fraction of sp³-hybridized carbons (Fsp3) is 0.174. The van der Waals surface area contributed by atoms with E-state index >= 15 is 0 Å². The maximum atomic E-state index is 12.7. The SMILES string of the molecule is CC(CNC(=O)c1cccc(S(=O)(=O)Nc2ccccc2Cl)c1)N(C)c1ccccc1. The van der Waals surface area contributed by atoms with Gasteiger partial charge in [0.1, 0.15) is 0 Å². The van der Waals surface area contributed by atoms with Gasteiger partial charge in [0.2, 0.25) is 0 Å². The molecule has 0 radical (unpaired) electrons. The lowest BCUT2D eigenvalue weighted by molar-refractivity contribution is 0.0951. The Kier molecular flexibility index (Phi) is 7.20. The van der Waals surface area contributed by atoms with Crippen molar-refractivity contribution in [1.29, 1.82) is 0 Å². The molecule has 0 aliphatic heterocycles. The van der Waals surface area contributed by atoms with Crippen LogP contribution in [0.4, 0.5) is 11.4 Å². The number of nitrogens with one attached hydrogen (secondary N) is 2. The highest BCUT2D eigenvalue weighted by Gasteiger charge is 2.18. The highest BCUT2D eigenvalue weighted by molar-refractivity contribution is 7.92. The van der Waals surface area contributed by atoms with Gasteiger partial charge in [0, 0.05) is 30.9 Å². The molecule has 0 aliphatic carbocycles. The molecular formula is C23H24ClN3O3S. The van der Waals surface area contributed by atoms with Crippen molar-refractivity contribution in [2.24, 2.45) is 0 Å². The molecule has 0 aliphatic rings. The molecule has 0 bridgehead atoms. The Morgan fingerprint density at radius 1 is 1.00 bits per heavy atom. The van der Waals surface area contributed by atoms with Crippen LogP contribution in [0.2, 0.25) is 5.02 Å². The average Bonchev–Trinajstić information content (AvgIpc) is 2.79. The summed E-state index contributed by atoms with van der Waals surface area (Å²) in [5.74, 6) is -0.344. The first-order valence-electron chi connectivity index (χ1n) is 9.71. The molecule has 0 fully saturated rings. The van der Waals surface area contributed by atoms with Gasteiger partial charge in [0.05, 0.1) is 15.6 Å². The lowest BCUT2D eigenvalue weighted by Gasteiger charge is -2.27. The highest BCUT2D eigenvalue weighted by atomic mass is 35.5. The second kappa shape index (κ2) is 9.85. The van der Waals surface area contributed by atoms with Crippen molar-refractivity contribution in [2.75, 3.05) is 23.2 Å². The molecule has 0 saturated carbocycles. The lowest BCUT2D eigenvalue weighted by atomic mass is 10.2. The minimum absolute atomic E-state index is 0.0190. The number of hydrogen-bond donors (Lipinski definition) is 2. The molecule has 0 heterocycles. The van der Waals surface area contributed by atoms with Crippen molar-refractivity contribution in [3.63, 3.8) is 0 Å². The molecule has 162 valence electrons. The van der Waals surface area contributed by atoms with Gasteiger partial charge in [-0.25, -0.2) is 8.42 Å². The Labute approximate surface area is 187 Å². The van der Waals surface area contributed by atoms with E-state index in [1.54, 1.807) is 30.3 Å². The fourth-order valence-corrected chi connectivity index (χ4v) is 4.31. The van der Waals surface area contributed by atoms with Crippen molar-refractivity contribution in [2.45, 2.75) is 17.9 Å². The first-order chi connectivity index (χ1) is 14.8. The Morgan fingerprint density at radius 2 is 1.68 bits per heavy atom. The van der Waals surface area contributed by atoms with E-state index in [1.165, 1.54) is 18.2 Å². The van der Waals surface area contributed by atoms with E-state index in [-0.39, 0.29) is 33.1 Å². The van der Waals surface area contributed by atoms with E-state index < -0.39 is 10.0 Å². The topological polar surface area (TPSA) is 78.5 Å². The van der Waals surface area contributed by atoms with Gasteiger partial charge in [0.25, 0.3) is 15.9 Å². The summed E-state index contributed by atoms with van der Waals surface area (Å²) in [6, 6.07) is 22.4. The maximum Gasteiger partial charge on any atom is 0.261 e. The van der Waals surface area contributed by atoms with Crippen molar-refractivity contribution in [1.82, 2.24) is 5.32 Å². The molecule has 3 aromatic rings. The van der Waals surface area contributed by atoms with E-state index in [4.69, 9.17) is 11.6 Å². The molecule has 3 aromatic carbocycles. The molecule has 1 atom stereocenters. The quantitative estimate of drug-likeness (QED) is 0.525. The predicted molar refractivity (Wildman–Crippen MR) is 125 cm³/mol. The second-order valence-corrected chi connectivity index (χ2v) is 9.21. The van der Waals surface area contributed by atoms with Crippen molar-refractivity contribution in [3.05, 3.63) is 89.4 Å². The van der Waals surface area contributed by atoms with Crippen molar-refractivity contribution < 1.29 is 13.2 Å². The van der Waals surface area contributed by atoms with E-state index in [9.17, 15) is 13.2 Å². The van der Waals surface area contributed by atoms with Crippen LogP contribution in [0, 0.1) is 0 Å². The summed E-state index contributed by atoms with van der Waals surface area (Å²) in [6.07, 6.45) is 0. The third kappa shape index (κ3) is 5.77. The summed E-state index contributed by atoms with van der Waals surface area (Å²) in [7, 11) is -1.94. The van der Waals surface area contributed by atoms with Crippen LogP contribution in [0.3, 0.4) is 0 Å². The monoisotopic (exact) mass is 457 g/mol. The molecular weight excluding hydrogens is 434 g/mol. The van der Waals surface area contributed by atoms with Crippen LogP contribution in [-0.2, 0) is 10.0 Å². The maximum absolute atomic E-state index is 12.7. The zero-order valence-corrected chi connectivity index (χ0v) is 18.8. The molecule has 1 amide bonds. The molecule has 0 aromatic heterocycles. The van der Waals surface area contributed by atoms with Crippen molar-refractivity contribution in [3.8, 4) is 0 Å². The van der Waals surface area contributed by atoms with Crippen molar-refractivity contribution >= 4 is 38.9 Å². The van der Waals surface area contributed by atoms with Crippen LogP contribution in [0.25, 0.3) is 0 Å². The number of anilines is 2. The molecule has 2 N–H and O–H groups in total. The van der Waals surface area contributed by atoms with Crippen LogP contribution < -0.4 is 14.9 Å². The van der Waals surface area contributed by atoms with Gasteiger partial charge in [-0.05, 0) is 49.4 Å². The summed E-state index contributed by atoms with van der Waals surface area (Å²) < 4.78 is 27.9. The van der Waals surface area contributed by atoms with Crippen LogP contribution >= 0.6 is 11.6 Å². The Bertz CT molecular complexity index is 1150. The second-order valence-electron chi connectivity index (χ2n) is 7.12. The van der Waals surface area contributed by atoms with Gasteiger partial charge >= 0.3 is 0 Å². The summed E-state index contributed by atoms with van der Waals surface area (Å²) >= 11 is 6.05. The summed E-state index contributed by atoms with van der Waals surface area (Å²) in [5, 5.41) is 3.16. The molecule has 31 heavy (non-hydrogen) atoms. The number of nitrogens with zero attached hydrogens (tertiary/aromatic N) is 1. The van der Waals surface area contributed by atoms with Gasteiger partial charge in [-0.1, -0.05) is 48.0 Å². The Morgan fingerprint density at radius 3 is 2.39 bits per heavy atom. The first kappa shape index (κ1) is 22.7. The van der Waals surface area contributed by atoms with E-state index in [2.05, 4.69) is 14.9 Å². The Hall–Kier alpha value is -3.03. The van der Waals surface area contributed by atoms with E-state index in [0.29, 0.717) is 6.54 Å². The van der Waals surface area contributed by atoms with Gasteiger partial charge in [0.15, 0.2) is 0 Å². The third-order valence-electron chi connectivity index (χ3n) is 4.91. The summed E-state index contributed by atoms with van der Waals surface area (Å²) in [5.41, 5.74) is 1.58. The van der Waals surface area contributed by atoms with Crippen LogP contribution in [0.1, 0.15) is 17.3 Å². The number of benzene rings is 3. The van der Waals surface area contributed by atoms with E-state index in [0.717, 1.165) is 5.69 Å². The van der Waals surface area contributed by atoms with E-state index in [1.807, 2.05) is 44.3 Å². The molecule has 0 spiro atoms. The van der Waals surface area contributed by atoms with Gasteiger partial charge in [-0.3, -0.25) is 9.52 Å². The molecule has 1 unspecified atom stereocenters. The van der Waals surface area contributed by atoms with Gasteiger partial charge < -0.3 is 10.2 Å². The number of rotatable bonds is 8. The number of amides is 1. The lowest BCUT2D eigenvalue weighted by Crippen LogP contribution is -2.40. The molecule has 3 rings (SSSR count). The number of para-hydroxylation sites is 2. The molecule has 0 saturated heterocycles. The number of sulfonamides is 1. The predicted octanol–water partition coefficient (Wildman–Crippen LogP) is 4.40. The van der Waals surface area contributed by atoms with Crippen LogP contribution in [0.15, 0.2) is 83.8 Å². The molecule has 6 nitrogen and oxygen atoms in total. The minimum atomic E-state index is -3.90. The fourth-order valence-electron chi connectivity index (χ4n) is 2.95. The summed E-state index contributed by atoms with van der Waals surface area (Å²) in [6.45, 7) is 2.40. The molecule has 8 heteroatoms. The zero-order valence-electron chi connectivity index (χ0n) is 17.2. The standard InChI is InChI=1S/C23H24ClN3O3S/c1-17(27(2)19-10-4-3-5-11-19)16-25-23(28)18-9-8-12-20(15-18)31(29,30)26-22-14-7-6-13-21(22)24/h3-15,17,26H,16H2,1-2H3,(H,25,28). The zero-order chi connectivity index (χ0) is 22.4. The number of carbonyl (C=O) groups is 1. The first-order valence-corrected chi connectivity index (χ1v) is 11.6. The largest absolute Gasteiger partial charge is 0.370 e. The highest BCUT2D eigenvalue weighted by Crippen LogP contribution is 2.24.